The van der Waals surface area contributed by atoms with Crippen LogP contribution in [0.3, 0.4) is 0 Å². The first-order chi connectivity index (χ1) is 10.1. The van der Waals surface area contributed by atoms with Crippen LogP contribution in [0.5, 0.6) is 0 Å². The summed E-state index contributed by atoms with van der Waals surface area (Å²) in [4.78, 5) is 2.54. The van der Waals surface area contributed by atoms with Crippen molar-refractivity contribution in [3.05, 3.63) is 35.9 Å². The maximum Gasteiger partial charge on any atom is 0.0681 e. The standard InChI is InChI=1S/C18H30N2O/c1-4-19-18(14-21,17-8-6-5-7-9-17)10-11-20-12-15(2)16(3)13-20/h5-9,15-16,19,21H,4,10-14H2,1-3H3. The van der Waals surface area contributed by atoms with E-state index in [4.69, 9.17) is 0 Å². The number of benzene rings is 1. The summed E-state index contributed by atoms with van der Waals surface area (Å²) >= 11 is 0. The van der Waals surface area contributed by atoms with E-state index >= 15 is 0 Å². The van der Waals surface area contributed by atoms with Gasteiger partial charge in [0, 0.05) is 19.6 Å². The minimum absolute atomic E-state index is 0.143. The van der Waals surface area contributed by atoms with Gasteiger partial charge in [-0.3, -0.25) is 0 Å². The molecule has 1 aromatic carbocycles. The van der Waals surface area contributed by atoms with E-state index in [0.29, 0.717) is 0 Å². The van der Waals surface area contributed by atoms with Crippen LogP contribution in [0.15, 0.2) is 30.3 Å². The van der Waals surface area contributed by atoms with Crippen LogP contribution in [-0.2, 0) is 5.54 Å². The summed E-state index contributed by atoms with van der Waals surface area (Å²) in [5, 5.41) is 13.6. The topological polar surface area (TPSA) is 35.5 Å². The lowest BCUT2D eigenvalue weighted by atomic mass is 9.87. The molecule has 1 aromatic rings. The molecule has 0 spiro atoms. The number of rotatable bonds is 7. The summed E-state index contributed by atoms with van der Waals surface area (Å²) in [7, 11) is 0. The molecule has 2 N–H and O–H groups in total. The van der Waals surface area contributed by atoms with Crippen molar-refractivity contribution in [1.82, 2.24) is 10.2 Å². The summed E-state index contributed by atoms with van der Waals surface area (Å²) in [6, 6.07) is 10.4. The van der Waals surface area contributed by atoms with E-state index in [9.17, 15) is 5.11 Å². The van der Waals surface area contributed by atoms with Gasteiger partial charge in [0.1, 0.15) is 0 Å². The zero-order valence-corrected chi connectivity index (χ0v) is 13.7. The lowest BCUT2D eigenvalue weighted by molar-refractivity contribution is 0.137. The van der Waals surface area contributed by atoms with E-state index in [1.807, 2.05) is 6.07 Å². The zero-order valence-electron chi connectivity index (χ0n) is 13.7. The molecule has 0 saturated carbocycles. The fourth-order valence-corrected chi connectivity index (χ4v) is 3.44. The maximum atomic E-state index is 10.1. The Morgan fingerprint density at radius 3 is 2.33 bits per heavy atom. The second-order valence-corrected chi connectivity index (χ2v) is 6.60. The van der Waals surface area contributed by atoms with Crippen LogP contribution >= 0.6 is 0 Å². The van der Waals surface area contributed by atoms with Gasteiger partial charge in [-0.15, -0.1) is 0 Å². The summed E-state index contributed by atoms with van der Waals surface area (Å²) in [6.45, 7) is 11.2. The number of hydrogen-bond donors (Lipinski definition) is 2. The fourth-order valence-electron chi connectivity index (χ4n) is 3.44. The van der Waals surface area contributed by atoms with E-state index < -0.39 is 0 Å². The number of aliphatic hydroxyl groups is 1. The Hall–Kier alpha value is -0.900. The highest BCUT2D eigenvalue weighted by Crippen LogP contribution is 2.28. The lowest BCUT2D eigenvalue weighted by Gasteiger charge is -2.35. The molecule has 3 nitrogen and oxygen atoms in total. The largest absolute Gasteiger partial charge is 0.394 e. The zero-order chi connectivity index (χ0) is 15.3. The molecule has 1 fully saturated rings. The summed E-state index contributed by atoms with van der Waals surface area (Å²) in [5.74, 6) is 1.56. The average molecular weight is 290 g/mol. The first-order valence-corrected chi connectivity index (χ1v) is 8.25. The number of hydrogen-bond acceptors (Lipinski definition) is 3. The Morgan fingerprint density at radius 1 is 1.19 bits per heavy atom. The van der Waals surface area contributed by atoms with Crippen LogP contribution in [0.4, 0.5) is 0 Å². The minimum Gasteiger partial charge on any atom is -0.394 e. The molecular formula is C18H30N2O. The molecule has 0 bridgehead atoms. The van der Waals surface area contributed by atoms with Gasteiger partial charge in [0.25, 0.3) is 0 Å². The second kappa shape index (κ2) is 7.39. The van der Waals surface area contributed by atoms with Gasteiger partial charge in [0.2, 0.25) is 0 Å². The van der Waals surface area contributed by atoms with Crippen molar-refractivity contribution in [3.63, 3.8) is 0 Å². The van der Waals surface area contributed by atoms with Gasteiger partial charge in [-0.2, -0.15) is 0 Å². The summed E-state index contributed by atoms with van der Waals surface area (Å²) < 4.78 is 0. The Balaban J connectivity index is 2.06. The van der Waals surface area contributed by atoms with Gasteiger partial charge in [-0.25, -0.2) is 0 Å². The Morgan fingerprint density at radius 2 is 1.81 bits per heavy atom. The predicted molar refractivity (Wildman–Crippen MR) is 88.3 cm³/mol. The number of likely N-dealkylation sites (tertiary alicyclic amines) is 1. The molecule has 1 aliphatic rings. The number of nitrogens with one attached hydrogen (secondary N) is 1. The third kappa shape index (κ3) is 3.85. The number of nitrogens with zero attached hydrogens (tertiary/aromatic N) is 1. The molecule has 2 rings (SSSR count). The van der Waals surface area contributed by atoms with Crippen LogP contribution in [0, 0.1) is 11.8 Å². The molecule has 0 amide bonds. The molecule has 0 radical (unpaired) electrons. The Bertz CT molecular complexity index is 412. The molecule has 3 unspecified atom stereocenters. The smallest absolute Gasteiger partial charge is 0.0681 e. The van der Waals surface area contributed by atoms with Crippen molar-refractivity contribution in [2.24, 2.45) is 11.8 Å². The van der Waals surface area contributed by atoms with Crippen molar-refractivity contribution in [2.45, 2.75) is 32.7 Å². The van der Waals surface area contributed by atoms with Crippen LogP contribution in [-0.4, -0.2) is 42.8 Å². The van der Waals surface area contributed by atoms with Crippen LogP contribution < -0.4 is 5.32 Å². The van der Waals surface area contributed by atoms with Crippen molar-refractivity contribution in [1.29, 1.82) is 0 Å². The first-order valence-electron chi connectivity index (χ1n) is 8.25. The van der Waals surface area contributed by atoms with E-state index in [1.165, 1.54) is 18.7 Å². The Kier molecular flexibility index (Phi) is 5.80. The highest BCUT2D eigenvalue weighted by molar-refractivity contribution is 5.24. The minimum atomic E-state index is -0.314. The first kappa shape index (κ1) is 16.5. The van der Waals surface area contributed by atoms with Gasteiger partial charge >= 0.3 is 0 Å². The fraction of sp³-hybridized carbons (Fsp3) is 0.667. The van der Waals surface area contributed by atoms with Crippen LogP contribution in [0.1, 0.15) is 32.8 Å². The molecule has 3 atom stereocenters. The van der Waals surface area contributed by atoms with Gasteiger partial charge in [0.05, 0.1) is 12.1 Å². The third-order valence-corrected chi connectivity index (χ3v) is 5.03. The molecule has 118 valence electrons. The SMILES string of the molecule is CCNC(CO)(CCN1CC(C)C(C)C1)c1ccccc1. The van der Waals surface area contributed by atoms with E-state index in [2.05, 4.69) is 55.3 Å². The average Bonchev–Trinajstić information content (AvgIpc) is 2.83. The normalized spacial score (nSPS) is 25.9. The van der Waals surface area contributed by atoms with Gasteiger partial charge in [-0.1, -0.05) is 51.1 Å². The number of likely N-dealkylation sites (N-methyl/N-ethyl adjacent to an activating group) is 1. The molecule has 3 heteroatoms. The molecule has 1 aliphatic heterocycles. The second-order valence-electron chi connectivity index (χ2n) is 6.60. The van der Waals surface area contributed by atoms with Crippen molar-refractivity contribution < 1.29 is 5.11 Å². The molecule has 0 aromatic heterocycles. The predicted octanol–water partition coefficient (Wildman–Crippen LogP) is 2.46. The molecule has 1 heterocycles. The molecular weight excluding hydrogens is 260 g/mol. The van der Waals surface area contributed by atoms with E-state index in [-0.39, 0.29) is 12.1 Å². The number of aliphatic hydroxyl groups excluding tert-OH is 1. The monoisotopic (exact) mass is 290 g/mol. The van der Waals surface area contributed by atoms with Crippen molar-refractivity contribution >= 4 is 0 Å². The maximum absolute atomic E-state index is 10.1. The molecule has 1 saturated heterocycles. The van der Waals surface area contributed by atoms with Gasteiger partial charge in [0.15, 0.2) is 0 Å². The highest BCUT2D eigenvalue weighted by Gasteiger charge is 2.33. The Labute approximate surface area is 129 Å². The molecule has 0 aliphatic carbocycles. The van der Waals surface area contributed by atoms with Gasteiger partial charge < -0.3 is 15.3 Å². The van der Waals surface area contributed by atoms with Crippen molar-refractivity contribution in [2.75, 3.05) is 32.8 Å². The molecule has 21 heavy (non-hydrogen) atoms. The highest BCUT2D eigenvalue weighted by atomic mass is 16.3. The summed E-state index contributed by atoms with van der Waals surface area (Å²) in [5.41, 5.74) is 0.875. The third-order valence-electron chi connectivity index (χ3n) is 5.03. The van der Waals surface area contributed by atoms with Crippen molar-refractivity contribution in [3.8, 4) is 0 Å². The van der Waals surface area contributed by atoms with Crippen LogP contribution in [0.25, 0.3) is 0 Å². The van der Waals surface area contributed by atoms with Crippen LogP contribution in [0.2, 0.25) is 0 Å². The lowest BCUT2D eigenvalue weighted by Crippen LogP contribution is -2.47. The van der Waals surface area contributed by atoms with E-state index in [0.717, 1.165) is 31.3 Å². The quantitative estimate of drug-likeness (QED) is 0.810. The van der Waals surface area contributed by atoms with E-state index in [1.54, 1.807) is 0 Å². The van der Waals surface area contributed by atoms with Gasteiger partial charge in [-0.05, 0) is 30.4 Å². The summed E-state index contributed by atoms with van der Waals surface area (Å²) in [6.07, 6.45) is 0.945.